The lowest BCUT2D eigenvalue weighted by Gasteiger charge is -2.24. The maximum absolute atomic E-state index is 14.2. The molecule has 0 radical (unpaired) electrons. The van der Waals surface area contributed by atoms with Crippen molar-refractivity contribution in [3.8, 4) is 0 Å². The third-order valence-corrected chi connectivity index (χ3v) is 4.88. The number of carbonyl (C=O) groups excluding carboxylic acids is 1. The molecule has 0 unspecified atom stereocenters. The zero-order chi connectivity index (χ0) is 19.9. The lowest BCUT2D eigenvalue weighted by molar-refractivity contribution is 0.0732. The van der Waals surface area contributed by atoms with Crippen molar-refractivity contribution >= 4 is 5.91 Å². The Kier molecular flexibility index (Phi) is 6.64. The first-order valence-electron chi connectivity index (χ1n) is 9.82. The Morgan fingerprint density at radius 2 is 1.89 bits per heavy atom. The van der Waals surface area contributed by atoms with Gasteiger partial charge in [0.25, 0.3) is 5.91 Å². The molecule has 146 valence electrons. The molecule has 1 heterocycles. The molecule has 0 saturated carbocycles. The van der Waals surface area contributed by atoms with Crippen molar-refractivity contribution in [1.82, 2.24) is 9.47 Å². The minimum absolute atomic E-state index is 0.135. The number of benzene rings is 2. The first-order chi connectivity index (χ1) is 13.6. The molecule has 0 N–H and O–H groups in total. The molecule has 0 aliphatic carbocycles. The number of aromatic nitrogens is 1. The van der Waals surface area contributed by atoms with Gasteiger partial charge < -0.3 is 9.47 Å². The van der Waals surface area contributed by atoms with Gasteiger partial charge in [0.2, 0.25) is 0 Å². The highest BCUT2D eigenvalue weighted by Gasteiger charge is 2.20. The number of rotatable bonds is 8. The van der Waals surface area contributed by atoms with Gasteiger partial charge in [-0.1, -0.05) is 55.3 Å². The Morgan fingerprint density at radius 1 is 1.07 bits per heavy atom. The lowest BCUT2D eigenvalue weighted by atomic mass is 10.1. The van der Waals surface area contributed by atoms with E-state index in [1.807, 2.05) is 18.3 Å². The SMILES string of the molecule is CCCCN(Cc1cccn1Cc1cccc(C)c1)C(=O)c1ccccc1F. The van der Waals surface area contributed by atoms with Gasteiger partial charge in [-0.2, -0.15) is 0 Å². The third-order valence-electron chi connectivity index (χ3n) is 4.88. The largest absolute Gasteiger partial charge is 0.345 e. The van der Waals surface area contributed by atoms with E-state index in [-0.39, 0.29) is 11.5 Å². The Morgan fingerprint density at radius 3 is 2.64 bits per heavy atom. The summed E-state index contributed by atoms with van der Waals surface area (Å²) in [5.74, 6) is -0.723. The molecule has 4 heteroatoms. The van der Waals surface area contributed by atoms with Crippen molar-refractivity contribution in [2.45, 2.75) is 39.8 Å². The monoisotopic (exact) mass is 378 g/mol. The van der Waals surface area contributed by atoms with Gasteiger partial charge in [0.1, 0.15) is 5.82 Å². The van der Waals surface area contributed by atoms with E-state index in [0.29, 0.717) is 13.1 Å². The summed E-state index contributed by atoms with van der Waals surface area (Å²) in [7, 11) is 0. The van der Waals surface area contributed by atoms with Crippen molar-refractivity contribution < 1.29 is 9.18 Å². The molecule has 2 aromatic carbocycles. The maximum atomic E-state index is 14.2. The average molecular weight is 378 g/mol. The molecule has 0 saturated heterocycles. The molecule has 1 aromatic heterocycles. The molecule has 0 aliphatic heterocycles. The van der Waals surface area contributed by atoms with E-state index in [1.54, 1.807) is 23.1 Å². The van der Waals surface area contributed by atoms with Crippen molar-refractivity contribution in [3.63, 3.8) is 0 Å². The molecule has 1 amide bonds. The van der Waals surface area contributed by atoms with Gasteiger partial charge in [-0.15, -0.1) is 0 Å². The summed E-state index contributed by atoms with van der Waals surface area (Å²) in [5.41, 5.74) is 3.63. The number of aryl methyl sites for hydroxylation is 1. The Balaban J connectivity index is 1.81. The van der Waals surface area contributed by atoms with E-state index in [4.69, 9.17) is 0 Å². The Bertz CT molecular complexity index is 932. The van der Waals surface area contributed by atoms with Gasteiger partial charge in [-0.25, -0.2) is 4.39 Å². The van der Waals surface area contributed by atoms with E-state index in [2.05, 4.69) is 42.7 Å². The van der Waals surface area contributed by atoms with Crippen molar-refractivity contribution in [1.29, 1.82) is 0 Å². The van der Waals surface area contributed by atoms with Gasteiger partial charge in [0.05, 0.1) is 12.1 Å². The van der Waals surface area contributed by atoms with E-state index in [1.165, 1.54) is 17.2 Å². The Labute approximate surface area is 166 Å². The molecule has 3 rings (SSSR count). The normalized spacial score (nSPS) is 10.8. The lowest BCUT2D eigenvalue weighted by Crippen LogP contribution is -2.33. The molecule has 0 spiro atoms. The van der Waals surface area contributed by atoms with Crippen LogP contribution in [-0.2, 0) is 13.1 Å². The highest BCUT2D eigenvalue weighted by atomic mass is 19.1. The molecule has 28 heavy (non-hydrogen) atoms. The molecule has 3 aromatic rings. The summed E-state index contributed by atoms with van der Waals surface area (Å²) in [5, 5.41) is 0. The molecular weight excluding hydrogens is 351 g/mol. The quantitative estimate of drug-likeness (QED) is 0.513. The van der Waals surface area contributed by atoms with E-state index < -0.39 is 5.82 Å². The summed E-state index contributed by atoms with van der Waals surface area (Å²) in [6.07, 6.45) is 3.90. The zero-order valence-electron chi connectivity index (χ0n) is 16.6. The minimum atomic E-state index is -0.468. The molecule has 0 aliphatic rings. The molecule has 3 nitrogen and oxygen atoms in total. The van der Waals surface area contributed by atoms with Crippen LogP contribution in [0.1, 0.15) is 46.9 Å². The predicted octanol–water partition coefficient (Wildman–Crippen LogP) is 5.43. The van der Waals surface area contributed by atoms with Crippen molar-refractivity contribution in [2.24, 2.45) is 0 Å². The highest BCUT2D eigenvalue weighted by molar-refractivity contribution is 5.94. The van der Waals surface area contributed by atoms with Gasteiger partial charge in [0.15, 0.2) is 0 Å². The fraction of sp³-hybridized carbons (Fsp3) is 0.292. The summed E-state index contributed by atoms with van der Waals surface area (Å²) >= 11 is 0. The predicted molar refractivity (Wildman–Crippen MR) is 111 cm³/mol. The summed E-state index contributed by atoms with van der Waals surface area (Å²) < 4.78 is 16.3. The van der Waals surface area contributed by atoms with Crippen LogP contribution in [0.2, 0.25) is 0 Å². The minimum Gasteiger partial charge on any atom is -0.345 e. The number of amides is 1. The second kappa shape index (κ2) is 9.36. The number of unbranched alkanes of at least 4 members (excludes halogenated alkanes) is 1. The van der Waals surface area contributed by atoms with Crippen LogP contribution in [0.25, 0.3) is 0 Å². The summed E-state index contributed by atoms with van der Waals surface area (Å²) in [4.78, 5) is 14.7. The third kappa shape index (κ3) is 4.89. The number of hydrogen-bond donors (Lipinski definition) is 0. The second-order valence-corrected chi connectivity index (χ2v) is 7.18. The van der Waals surface area contributed by atoms with Crippen LogP contribution in [0.15, 0.2) is 66.9 Å². The highest BCUT2D eigenvalue weighted by Crippen LogP contribution is 2.16. The van der Waals surface area contributed by atoms with Crippen LogP contribution in [0, 0.1) is 12.7 Å². The topological polar surface area (TPSA) is 25.2 Å². The number of nitrogens with zero attached hydrogens (tertiary/aromatic N) is 2. The van der Waals surface area contributed by atoms with Gasteiger partial charge >= 0.3 is 0 Å². The van der Waals surface area contributed by atoms with Gasteiger partial charge in [0, 0.05) is 25.0 Å². The van der Waals surface area contributed by atoms with Crippen LogP contribution >= 0.6 is 0 Å². The van der Waals surface area contributed by atoms with Crippen LogP contribution < -0.4 is 0 Å². The fourth-order valence-electron chi connectivity index (χ4n) is 3.36. The second-order valence-electron chi connectivity index (χ2n) is 7.18. The Hall–Kier alpha value is -2.88. The smallest absolute Gasteiger partial charge is 0.257 e. The zero-order valence-corrected chi connectivity index (χ0v) is 16.6. The first-order valence-corrected chi connectivity index (χ1v) is 9.82. The van der Waals surface area contributed by atoms with Crippen molar-refractivity contribution in [2.75, 3.05) is 6.54 Å². The van der Waals surface area contributed by atoms with E-state index >= 15 is 0 Å². The number of halogens is 1. The summed E-state index contributed by atoms with van der Waals surface area (Å²) in [6.45, 7) is 6.00. The van der Waals surface area contributed by atoms with Crippen molar-refractivity contribution in [3.05, 3.63) is 95.1 Å². The molecule has 0 fully saturated rings. The van der Waals surface area contributed by atoms with Gasteiger partial charge in [-0.3, -0.25) is 4.79 Å². The number of hydrogen-bond acceptors (Lipinski definition) is 1. The first kappa shape index (κ1) is 19.9. The van der Waals surface area contributed by atoms with Crippen LogP contribution in [-0.4, -0.2) is 21.9 Å². The maximum Gasteiger partial charge on any atom is 0.257 e. The standard InChI is InChI=1S/C24H27FN2O/c1-3-4-14-27(24(28)22-12-5-6-13-23(22)25)18-21-11-8-15-26(21)17-20-10-7-9-19(2)16-20/h5-13,15-16H,3-4,14,17-18H2,1-2H3. The van der Waals surface area contributed by atoms with E-state index in [0.717, 1.165) is 25.1 Å². The van der Waals surface area contributed by atoms with Gasteiger partial charge in [-0.05, 0) is 43.2 Å². The number of carbonyl (C=O) groups is 1. The summed E-state index contributed by atoms with van der Waals surface area (Å²) in [6, 6.07) is 18.7. The fourth-order valence-corrected chi connectivity index (χ4v) is 3.36. The van der Waals surface area contributed by atoms with Crippen LogP contribution in [0.3, 0.4) is 0 Å². The average Bonchev–Trinajstić information content (AvgIpc) is 3.11. The van der Waals surface area contributed by atoms with Crippen LogP contribution in [0.4, 0.5) is 4.39 Å². The van der Waals surface area contributed by atoms with Crippen LogP contribution in [0.5, 0.6) is 0 Å². The van der Waals surface area contributed by atoms with E-state index in [9.17, 15) is 9.18 Å². The molecule has 0 bridgehead atoms. The molecular formula is C24H27FN2O. The molecule has 0 atom stereocenters.